The first kappa shape index (κ1) is 19.6. The summed E-state index contributed by atoms with van der Waals surface area (Å²) in [7, 11) is 1.80. The Morgan fingerprint density at radius 3 is 2.59 bits per heavy atom. The zero-order valence-electron chi connectivity index (χ0n) is 17.6. The number of pyridine rings is 1. The van der Waals surface area contributed by atoms with E-state index >= 15 is 0 Å². The number of esters is 1. The van der Waals surface area contributed by atoms with Crippen LogP contribution in [0.4, 0.5) is 5.82 Å². The number of hydrogen-bond donors (Lipinski definition) is 1. The highest BCUT2D eigenvalue weighted by atomic mass is 16.5. The highest BCUT2D eigenvalue weighted by Crippen LogP contribution is 2.27. The summed E-state index contributed by atoms with van der Waals surface area (Å²) in [5, 5.41) is 5.86. The molecule has 0 bridgehead atoms. The summed E-state index contributed by atoms with van der Waals surface area (Å²) in [5.41, 5.74) is 10.0. The van der Waals surface area contributed by atoms with Gasteiger partial charge in [0.05, 0.1) is 27.9 Å². The Hall–Kier alpha value is -4.33. The van der Waals surface area contributed by atoms with Crippen LogP contribution in [0.15, 0.2) is 60.7 Å². The third kappa shape index (κ3) is 3.41. The number of para-hydroxylation sites is 1. The molecule has 0 saturated carbocycles. The molecule has 0 aliphatic carbocycles. The number of hydrogen-bond acceptors (Lipinski definition) is 7. The van der Waals surface area contributed by atoms with E-state index in [1.165, 1.54) is 0 Å². The smallest absolute Gasteiger partial charge is 0.339 e. The van der Waals surface area contributed by atoms with Gasteiger partial charge in [0.1, 0.15) is 5.82 Å². The molecular weight excluding hydrogens is 404 g/mol. The van der Waals surface area contributed by atoms with Gasteiger partial charge in [-0.1, -0.05) is 42.5 Å². The summed E-state index contributed by atoms with van der Waals surface area (Å²) in [6, 6.07) is 18.8. The second-order valence-corrected chi connectivity index (χ2v) is 7.45. The molecule has 0 saturated heterocycles. The molecule has 0 fully saturated rings. The number of ether oxygens (including phenoxy) is 1. The van der Waals surface area contributed by atoms with Crippen molar-refractivity contribution in [2.45, 2.75) is 13.5 Å². The van der Waals surface area contributed by atoms with Crippen molar-refractivity contribution >= 4 is 33.7 Å². The molecule has 0 aliphatic heterocycles. The van der Waals surface area contributed by atoms with Crippen LogP contribution in [0.5, 0.6) is 0 Å². The minimum atomic E-state index is -0.499. The van der Waals surface area contributed by atoms with E-state index in [2.05, 4.69) is 15.1 Å². The van der Waals surface area contributed by atoms with Crippen LogP contribution in [-0.2, 0) is 18.4 Å². The zero-order valence-corrected chi connectivity index (χ0v) is 17.6. The van der Waals surface area contributed by atoms with Crippen LogP contribution in [0.2, 0.25) is 0 Å². The average molecular weight is 424 g/mol. The topological polar surface area (TPSA) is 109 Å². The van der Waals surface area contributed by atoms with Gasteiger partial charge in [-0.3, -0.25) is 4.68 Å². The molecule has 2 aromatic carbocycles. The van der Waals surface area contributed by atoms with Crippen LogP contribution in [0.3, 0.4) is 0 Å². The van der Waals surface area contributed by atoms with Gasteiger partial charge in [0.15, 0.2) is 18.1 Å². The first-order valence-electron chi connectivity index (χ1n) is 10.1. The Balaban J connectivity index is 1.52. The predicted molar refractivity (Wildman–Crippen MR) is 122 cm³/mol. The molecule has 0 atom stereocenters. The van der Waals surface area contributed by atoms with Crippen LogP contribution in [0, 0.1) is 6.92 Å². The van der Waals surface area contributed by atoms with Crippen molar-refractivity contribution in [3.8, 4) is 11.3 Å². The van der Waals surface area contributed by atoms with Crippen LogP contribution < -0.4 is 5.73 Å². The summed E-state index contributed by atoms with van der Waals surface area (Å²) in [6.45, 7) is 1.74. The van der Waals surface area contributed by atoms with Gasteiger partial charge in [-0.15, -0.1) is 0 Å². The van der Waals surface area contributed by atoms with Gasteiger partial charge < -0.3 is 10.5 Å². The van der Waals surface area contributed by atoms with Gasteiger partial charge in [-0.05, 0) is 25.1 Å². The lowest BCUT2D eigenvalue weighted by Gasteiger charge is -2.09. The van der Waals surface area contributed by atoms with E-state index in [0.717, 1.165) is 10.9 Å². The number of carbonyl (C=O) groups is 1. The third-order valence-electron chi connectivity index (χ3n) is 5.27. The van der Waals surface area contributed by atoms with Crippen molar-refractivity contribution in [3.63, 3.8) is 0 Å². The molecule has 3 aromatic heterocycles. The van der Waals surface area contributed by atoms with Crippen molar-refractivity contribution in [1.29, 1.82) is 0 Å². The lowest BCUT2D eigenvalue weighted by molar-refractivity contribution is 0.0465. The molecule has 8 heteroatoms. The largest absolute Gasteiger partial charge is 0.454 e. The fourth-order valence-electron chi connectivity index (χ4n) is 3.79. The molecule has 2 N–H and O–H groups in total. The number of nitrogens with two attached hydrogens (primary N) is 1. The molecule has 0 spiro atoms. The SMILES string of the molecule is Cc1nn(C)c2nc(-c3ccccc3)cc(C(=O)OCc3nc(N)c4ccccc4n3)c12. The van der Waals surface area contributed by atoms with Gasteiger partial charge in [0.2, 0.25) is 0 Å². The minimum absolute atomic E-state index is 0.0995. The van der Waals surface area contributed by atoms with Crippen molar-refractivity contribution in [2.24, 2.45) is 7.05 Å². The maximum atomic E-state index is 13.2. The van der Waals surface area contributed by atoms with Crippen molar-refractivity contribution in [2.75, 3.05) is 5.73 Å². The fraction of sp³-hybridized carbons (Fsp3) is 0.125. The van der Waals surface area contributed by atoms with E-state index < -0.39 is 5.97 Å². The molecule has 0 aliphatic rings. The van der Waals surface area contributed by atoms with Crippen molar-refractivity contribution in [3.05, 3.63) is 77.7 Å². The number of nitrogen functional groups attached to an aromatic ring is 1. The molecule has 5 aromatic rings. The normalized spacial score (nSPS) is 11.2. The molecule has 0 radical (unpaired) electrons. The van der Waals surface area contributed by atoms with Crippen molar-refractivity contribution in [1.82, 2.24) is 24.7 Å². The highest BCUT2D eigenvalue weighted by Gasteiger charge is 2.21. The molecule has 8 nitrogen and oxygen atoms in total. The lowest BCUT2D eigenvalue weighted by atomic mass is 10.1. The minimum Gasteiger partial charge on any atom is -0.454 e. The summed E-state index contributed by atoms with van der Waals surface area (Å²) < 4.78 is 7.26. The van der Waals surface area contributed by atoms with E-state index in [0.29, 0.717) is 45.1 Å². The first-order valence-corrected chi connectivity index (χ1v) is 10.1. The number of rotatable bonds is 4. The average Bonchev–Trinajstić information content (AvgIpc) is 3.11. The van der Waals surface area contributed by atoms with Gasteiger partial charge in [0, 0.05) is 18.0 Å². The van der Waals surface area contributed by atoms with Gasteiger partial charge in [0.25, 0.3) is 0 Å². The predicted octanol–water partition coefficient (Wildman–Crippen LogP) is 3.83. The maximum absolute atomic E-state index is 13.2. The molecule has 3 heterocycles. The summed E-state index contributed by atoms with van der Waals surface area (Å²) in [5.74, 6) is 0.189. The summed E-state index contributed by atoms with van der Waals surface area (Å²) in [6.07, 6.45) is 0. The maximum Gasteiger partial charge on any atom is 0.339 e. The fourth-order valence-corrected chi connectivity index (χ4v) is 3.79. The van der Waals surface area contributed by atoms with Crippen LogP contribution in [0.25, 0.3) is 33.2 Å². The number of anilines is 1. The Morgan fingerprint density at radius 1 is 1.03 bits per heavy atom. The molecule has 5 rings (SSSR count). The van der Waals surface area contributed by atoms with Gasteiger partial charge >= 0.3 is 5.97 Å². The number of aromatic nitrogens is 5. The third-order valence-corrected chi connectivity index (χ3v) is 5.27. The second-order valence-electron chi connectivity index (χ2n) is 7.45. The Kier molecular flexibility index (Phi) is 4.74. The number of nitrogens with zero attached hydrogens (tertiary/aromatic N) is 5. The van der Waals surface area contributed by atoms with E-state index in [1.54, 1.807) is 17.8 Å². The summed E-state index contributed by atoms with van der Waals surface area (Å²) >= 11 is 0. The molecular formula is C24H20N6O2. The monoisotopic (exact) mass is 424 g/mol. The standard InChI is InChI=1S/C24H20N6O2/c1-14-21-17(12-19(15-8-4-3-5-9-15)27-23(21)30(2)29-14)24(31)32-13-20-26-18-11-7-6-10-16(18)22(25)28-20/h3-12H,13H2,1-2H3,(H2,25,26,28). The number of carbonyl (C=O) groups excluding carboxylic acids is 1. The Morgan fingerprint density at radius 2 is 1.78 bits per heavy atom. The Bertz CT molecular complexity index is 1480. The van der Waals surface area contributed by atoms with E-state index in [1.807, 2.05) is 61.5 Å². The molecule has 0 amide bonds. The van der Waals surface area contributed by atoms with Crippen LogP contribution in [-0.4, -0.2) is 30.7 Å². The zero-order chi connectivity index (χ0) is 22.2. The van der Waals surface area contributed by atoms with Crippen LogP contribution >= 0.6 is 0 Å². The molecule has 32 heavy (non-hydrogen) atoms. The molecule has 158 valence electrons. The Labute approximate surface area is 183 Å². The lowest BCUT2D eigenvalue weighted by Crippen LogP contribution is -2.10. The number of fused-ring (bicyclic) bond motifs is 2. The van der Waals surface area contributed by atoms with Gasteiger partial charge in [-0.2, -0.15) is 5.10 Å². The summed E-state index contributed by atoms with van der Waals surface area (Å²) in [4.78, 5) is 26.6. The van der Waals surface area contributed by atoms with Crippen LogP contribution in [0.1, 0.15) is 21.9 Å². The highest BCUT2D eigenvalue weighted by molar-refractivity contribution is 6.05. The quantitative estimate of drug-likeness (QED) is 0.437. The second kappa shape index (κ2) is 7.73. The van der Waals surface area contributed by atoms with Crippen molar-refractivity contribution < 1.29 is 9.53 Å². The van der Waals surface area contributed by atoms with E-state index in [-0.39, 0.29) is 6.61 Å². The number of aryl methyl sites for hydroxylation is 2. The van der Waals surface area contributed by atoms with E-state index in [4.69, 9.17) is 15.5 Å². The number of benzene rings is 2. The molecule has 0 unspecified atom stereocenters. The van der Waals surface area contributed by atoms with E-state index in [9.17, 15) is 4.79 Å². The van der Waals surface area contributed by atoms with Gasteiger partial charge in [-0.25, -0.2) is 19.7 Å². The first-order chi connectivity index (χ1) is 15.5.